The maximum Gasteiger partial charge on any atom is 0.124 e. The second-order valence-electron chi connectivity index (χ2n) is 2.95. The Balaban J connectivity index is 2.64. The largest absolute Gasteiger partial charge is 0.245 e. The average Bonchev–Trinajstić information content (AvgIpc) is 2.56. The quantitative estimate of drug-likeness (QED) is 0.522. The van der Waals surface area contributed by atoms with Crippen molar-refractivity contribution in [1.82, 2.24) is 4.98 Å². The van der Waals surface area contributed by atoms with Crippen molar-refractivity contribution in [2.75, 3.05) is 0 Å². The van der Waals surface area contributed by atoms with Crippen molar-refractivity contribution in [3.63, 3.8) is 0 Å². The molecule has 0 bridgehead atoms. The number of nitrogens with zero attached hydrogens (tertiary/aromatic N) is 1. The summed E-state index contributed by atoms with van der Waals surface area (Å²) in [6, 6.07) is 12.5. The molecule has 0 spiro atoms. The standard InChI is InChI=1S/C11H7NS/c1-2-6-10-8(4-1)9-5-3-7-12-11(9)13-10/h1-7H. The molecule has 0 aliphatic rings. The van der Waals surface area contributed by atoms with Crippen LogP contribution >= 0.6 is 11.3 Å². The van der Waals surface area contributed by atoms with Gasteiger partial charge < -0.3 is 0 Å². The van der Waals surface area contributed by atoms with Gasteiger partial charge in [-0.05, 0) is 18.2 Å². The zero-order valence-electron chi connectivity index (χ0n) is 6.90. The van der Waals surface area contributed by atoms with E-state index in [2.05, 4.69) is 35.3 Å². The summed E-state index contributed by atoms with van der Waals surface area (Å²) in [6.07, 6.45) is 1.84. The van der Waals surface area contributed by atoms with Crippen LogP contribution in [0, 0.1) is 0 Å². The van der Waals surface area contributed by atoms with Crippen LogP contribution in [-0.4, -0.2) is 4.98 Å². The molecule has 2 heterocycles. The molecule has 0 fully saturated rings. The molecule has 1 aromatic carbocycles. The third-order valence-corrected chi connectivity index (χ3v) is 3.25. The Kier molecular flexibility index (Phi) is 1.37. The summed E-state index contributed by atoms with van der Waals surface area (Å²) in [7, 11) is 0. The van der Waals surface area contributed by atoms with E-state index in [0.29, 0.717) is 0 Å². The van der Waals surface area contributed by atoms with Crippen molar-refractivity contribution in [1.29, 1.82) is 0 Å². The second-order valence-corrected chi connectivity index (χ2v) is 3.98. The van der Waals surface area contributed by atoms with E-state index in [0.717, 1.165) is 4.83 Å². The Labute approximate surface area is 79.7 Å². The fourth-order valence-corrected chi connectivity index (χ4v) is 2.60. The Hall–Kier alpha value is -1.41. The highest BCUT2D eigenvalue weighted by Gasteiger charge is 2.02. The molecule has 0 saturated heterocycles. The number of benzene rings is 1. The summed E-state index contributed by atoms with van der Waals surface area (Å²) in [5, 5.41) is 2.58. The van der Waals surface area contributed by atoms with E-state index in [-0.39, 0.29) is 0 Å². The number of hydrogen-bond acceptors (Lipinski definition) is 2. The monoisotopic (exact) mass is 185 g/mol. The van der Waals surface area contributed by atoms with Gasteiger partial charge in [0.15, 0.2) is 0 Å². The first kappa shape index (κ1) is 7.04. The summed E-state index contributed by atoms with van der Waals surface area (Å²) < 4.78 is 1.32. The topological polar surface area (TPSA) is 12.9 Å². The van der Waals surface area contributed by atoms with E-state index >= 15 is 0 Å². The molecule has 0 N–H and O–H groups in total. The number of hydrogen-bond donors (Lipinski definition) is 0. The molecule has 2 heteroatoms. The van der Waals surface area contributed by atoms with Crippen LogP contribution in [0.25, 0.3) is 20.3 Å². The molecule has 1 nitrogen and oxygen atoms in total. The van der Waals surface area contributed by atoms with Gasteiger partial charge in [-0.1, -0.05) is 18.2 Å². The van der Waals surface area contributed by atoms with E-state index in [1.807, 2.05) is 12.3 Å². The lowest BCUT2D eigenvalue weighted by atomic mass is 10.2. The lowest BCUT2D eigenvalue weighted by Crippen LogP contribution is -1.67. The molecule has 0 aliphatic heterocycles. The molecular formula is C11H7NS. The number of pyridine rings is 1. The van der Waals surface area contributed by atoms with Crippen molar-refractivity contribution in [2.45, 2.75) is 0 Å². The lowest BCUT2D eigenvalue weighted by molar-refractivity contribution is 1.45. The number of aromatic nitrogens is 1. The van der Waals surface area contributed by atoms with Gasteiger partial charge in [-0.15, -0.1) is 11.3 Å². The number of rotatable bonds is 0. The lowest BCUT2D eigenvalue weighted by Gasteiger charge is -1.87. The van der Waals surface area contributed by atoms with Gasteiger partial charge in [0.25, 0.3) is 0 Å². The summed E-state index contributed by atoms with van der Waals surface area (Å²) in [5.41, 5.74) is 0. The highest BCUT2D eigenvalue weighted by Crippen LogP contribution is 2.31. The molecule has 13 heavy (non-hydrogen) atoms. The smallest absolute Gasteiger partial charge is 0.124 e. The molecule has 0 saturated carbocycles. The van der Waals surface area contributed by atoms with E-state index in [9.17, 15) is 0 Å². The van der Waals surface area contributed by atoms with Crippen LogP contribution in [0.1, 0.15) is 0 Å². The van der Waals surface area contributed by atoms with Gasteiger partial charge in [0.1, 0.15) is 4.83 Å². The van der Waals surface area contributed by atoms with Crippen LogP contribution < -0.4 is 0 Å². The first-order chi connectivity index (χ1) is 6.45. The van der Waals surface area contributed by atoms with Crippen LogP contribution in [0.3, 0.4) is 0 Å². The fraction of sp³-hybridized carbons (Fsp3) is 0. The molecule has 0 unspecified atom stereocenters. The van der Waals surface area contributed by atoms with Crippen LogP contribution in [0.5, 0.6) is 0 Å². The molecule has 0 radical (unpaired) electrons. The van der Waals surface area contributed by atoms with Crippen molar-refractivity contribution in [3.05, 3.63) is 42.6 Å². The zero-order chi connectivity index (χ0) is 8.67. The first-order valence-corrected chi connectivity index (χ1v) is 4.99. The molecule has 0 amide bonds. The Morgan fingerprint density at radius 3 is 2.77 bits per heavy atom. The van der Waals surface area contributed by atoms with Gasteiger partial charge >= 0.3 is 0 Å². The van der Waals surface area contributed by atoms with Crippen molar-refractivity contribution in [3.8, 4) is 0 Å². The van der Waals surface area contributed by atoms with Gasteiger partial charge in [0.2, 0.25) is 0 Å². The van der Waals surface area contributed by atoms with Crippen molar-refractivity contribution < 1.29 is 0 Å². The summed E-state index contributed by atoms with van der Waals surface area (Å²) in [5.74, 6) is 0. The van der Waals surface area contributed by atoms with Crippen LogP contribution in [0.4, 0.5) is 0 Å². The van der Waals surface area contributed by atoms with Crippen molar-refractivity contribution >= 4 is 31.6 Å². The van der Waals surface area contributed by atoms with Gasteiger partial charge in [0.05, 0.1) is 0 Å². The third-order valence-electron chi connectivity index (χ3n) is 2.16. The molecule has 0 atom stereocenters. The van der Waals surface area contributed by atoms with Gasteiger partial charge in [-0.2, -0.15) is 0 Å². The molecule has 3 aromatic rings. The Morgan fingerprint density at radius 1 is 0.923 bits per heavy atom. The van der Waals surface area contributed by atoms with Gasteiger partial charge in [-0.3, -0.25) is 0 Å². The van der Waals surface area contributed by atoms with Crippen LogP contribution in [-0.2, 0) is 0 Å². The second kappa shape index (κ2) is 2.54. The average molecular weight is 185 g/mol. The summed E-state index contributed by atoms with van der Waals surface area (Å²) in [4.78, 5) is 5.47. The minimum atomic E-state index is 1.13. The zero-order valence-corrected chi connectivity index (χ0v) is 7.71. The fourth-order valence-electron chi connectivity index (χ4n) is 1.56. The van der Waals surface area contributed by atoms with E-state index < -0.39 is 0 Å². The minimum absolute atomic E-state index is 1.13. The SMILES string of the molecule is c1ccc2c(c1)sc1ncccc12. The summed E-state index contributed by atoms with van der Waals surface area (Å²) >= 11 is 1.75. The molecule has 0 aliphatic carbocycles. The predicted octanol–water partition coefficient (Wildman–Crippen LogP) is 3.45. The van der Waals surface area contributed by atoms with E-state index in [1.54, 1.807) is 11.3 Å². The minimum Gasteiger partial charge on any atom is -0.245 e. The normalized spacial score (nSPS) is 11.1. The molecule has 2 aromatic heterocycles. The Bertz CT molecular complexity index is 518. The summed E-state index contributed by atoms with van der Waals surface area (Å²) in [6.45, 7) is 0. The van der Waals surface area contributed by atoms with E-state index in [4.69, 9.17) is 0 Å². The van der Waals surface area contributed by atoms with Gasteiger partial charge in [0, 0.05) is 21.7 Å². The molecule has 62 valence electrons. The van der Waals surface area contributed by atoms with Gasteiger partial charge in [-0.25, -0.2) is 4.98 Å². The van der Waals surface area contributed by atoms with Crippen molar-refractivity contribution in [2.24, 2.45) is 0 Å². The first-order valence-electron chi connectivity index (χ1n) is 4.17. The van der Waals surface area contributed by atoms with E-state index in [1.165, 1.54) is 15.5 Å². The maximum atomic E-state index is 4.34. The maximum absolute atomic E-state index is 4.34. The highest BCUT2D eigenvalue weighted by atomic mass is 32.1. The van der Waals surface area contributed by atoms with Crippen LogP contribution in [0.15, 0.2) is 42.6 Å². The highest BCUT2D eigenvalue weighted by molar-refractivity contribution is 7.25. The predicted molar refractivity (Wildman–Crippen MR) is 57.1 cm³/mol. The molecule has 3 rings (SSSR count). The third kappa shape index (κ3) is 0.956. The molecular weight excluding hydrogens is 178 g/mol. The number of thiophene rings is 1. The van der Waals surface area contributed by atoms with Crippen LogP contribution in [0.2, 0.25) is 0 Å². The number of fused-ring (bicyclic) bond motifs is 3. The Morgan fingerprint density at radius 2 is 1.77 bits per heavy atom.